The van der Waals surface area contributed by atoms with Crippen LogP contribution >= 0.6 is 11.6 Å². The number of carbonyl (C=O) groups is 2. The molecular weight excluding hydrogens is 498 g/mol. The maximum atomic E-state index is 13.3. The summed E-state index contributed by atoms with van der Waals surface area (Å²) in [4.78, 5) is 28.1. The minimum Gasteiger partial charge on any atom is -0.507 e. The van der Waals surface area contributed by atoms with E-state index in [9.17, 15) is 14.7 Å². The summed E-state index contributed by atoms with van der Waals surface area (Å²) in [5.41, 5.74) is 3.21. The zero-order valence-electron chi connectivity index (χ0n) is 20.6. The van der Waals surface area contributed by atoms with Gasteiger partial charge in [-0.15, -0.1) is 0 Å². The van der Waals surface area contributed by atoms with Crippen LogP contribution in [0.5, 0.6) is 5.75 Å². The van der Waals surface area contributed by atoms with E-state index in [0.29, 0.717) is 41.5 Å². The average molecular weight is 524 g/mol. The fraction of sp³-hybridized carbons (Fsp3) is 0.125. The van der Waals surface area contributed by atoms with Crippen molar-refractivity contribution in [3.05, 3.63) is 142 Å². The van der Waals surface area contributed by atoms with E-state index in [1.807, 2.05) is 84.9 Å². The molecule has 38 heavy (non-hydrogen) atoms. The van der Waals surface area contributed by atoms with Crippen molar-refractivity contribution in [1.82, 2.24) is 4.90 Å². The number of benzene rings is 4. The average Bonchev–Trinajstić information content (AvgIpc) is 3.21. The minimum atomic E-state index is -0.769. The molecule has 4 aromatic rings. The lowest BCUT2D eigenvalue weighted by molar-refractivity contribution is -0.139. The van der Waals surface area contributed by atoms with Gasteiger partial charge in [0, 0.05) is 17.1 Å². The molecule has 0 aromatic heterocycles. The van der Waals surface area contributed by atoms with Crippen LogP contribution in [0.25, 0.3) is 5.76 Å². The predicted octanol–water partition coefficient (Wildman–Crippen LogP) is 6.58. The van der Waals surface area contributed by atoms with Crippen LogP contribution in [0.2, 0.25) is 5.02 Å². The number of nitrogens with zero attached hydrogens (tertiary/aromatic N) is 1. The monoisotopic (exact) mass is 523 g/mol. The number of ketones is 1. The van der Waals surface area contributed by atoms with Gasteiger partial charge in [-0.05, 0) is 59.5 Å². The first-order chi connectivity index (χ1) is 18.5. The van der Waals surface area contributed by atoms with Crippen molar-refractivity contribution < 1.29 is 19.4 Å². The highest BCUT2D eigenvalue weighted by molar-refractivity contribution is 6.46. The van der Waals surface area contributed by atoms with Gasteiger partial charge in [-0.1, -0.05) is 84.4 Å². The quantitative estimate of drug-likeness (QED) is 0.161. The number of rotatable bonds is 8. The van der Waals surface area contributed by atoms with E-state index in [0.717, 1.165) is 11.1 Å². The molecule has 1 atom stereocenters. The Morgan fingerprint density at radius 3 is 2.16 bits per heavy atom. The van der Waals surface area contributed by atoms with Crippen LogP contribution in [0.3, 0.4) is 0 Å². The van der Waals surface area contributed by atoms with E-state index in [-0.39, 0.29) is 11.3 Å². The van der Waals surface area contributed by atoms with E-state index in [1.165, 1.54) is 4.90 Å². The number of amides is 1. The van der Waals surface area contributed by atoms with Crippen LogP contribution in [0, 0.1) is 0 Å². The van der Waals surface area contributed by atoms with Gasteiger partial charge in [0.1, 0.15) is 18.1 Å². The van der Waals surface area contributed by atoms with Crippen molar-refractivity contribution in [2.45, 2.75) is 19.1 Å². The lowest BCUT2D eigenvalue weighted by atomic mass is 9.95. The number of Topliss-reactive ketones (excluding diaryl/α,β-unsaturated/α-hetero) is 1. The molecule has 0 aliphatic carbocycles. The Morgan fingerprint density at radius 1 is 0.816 bits per heavy atom. The van der Waals surface area contributed by atoms with Crippen LogP contribution in [-0.2, 0) is 22.6 Å². The Kier molecular flexibility index (Phi) is 7.57. The second-order valence-corrected chi connectivity index (χ2v) is 9.52. The SMILES string of the molecule is O=C1C(=O)N(CCc2ccccc2)C(c2cccc(OCc3ccccc3)c2)C1=C(O)c1ccc(Cl)cc1. The molecule has 0 bridgehead atoms. The summed E-state index contributed by atoms with van der Waals surface area (Å²) >= 11 is 6.03. The molecule has 0 saturated carbocycles. The number of halogens is 1. The van der Waals surface area contributed by atoms with Gasteiger partial charge in [0.25, 0.3) is 11.7 Å². The summed E-state index contributed by atoms with van der Waals surface area (Å²) in [7, 11) is 0. The standard InChI is InChI=1S/C32H26ClNO4/c33-26-16-14-24(15-17-26)30(35)28-29(34(32(37)31(28)36)19-18-22-8-3-1-4-9-22)25-12-7-13-27(20-25)38-21-23-10-5-2-6-11-23/h1-17,20,29,35H,18-19,21H2. The van der Waals surface area contributed by atoms with Crippen LogP contribution in [-0.4, -0.2) is 28.2 Å². The third kappa shape index (κ3) is 5.48. The molecule has 5 rings (SSSR count). The van der Waals surface area contributed by atoms with Gasteiger partial charge in [0.2, 0.25) is 0 Å². The first kappa shape index (κ1) is 25.3. The molecule has 190 valence electrons. The maximum Gasteiger partial charge on any atom is 0.295 e. The summed E-state index contributed by atoms with van der Waals surface area (Å²) < 4.78 is 6.02. The van der Waals surface area contributed by atoms with E-state index in [1.54, 1.807) is 24.3 Å². The molecular formula is C32H26ClNO4. The minimum absolute atomic E-state index is 0.0468. The summed E-state index contributed by atoms with van der Waals surface area (Å²) in [5, 5.41) is 11.8. The number of aliphatic hydroxyl groups excluding tert-OH is 1. The molecule has 1 N–H and O–H groups in total. The molecule has 0 spiro atoms. The van der Waals surface area contributed by atoms with Gasteiger partial charge in [-0.3, -0.25) is 9.59 Å². The van der Waals surface area contributed by atoms with Crippen molar-refractivity contribution in [2.75, 3.05) is 6.54 Å². The van der Waals surface area contributed by atoms with Crippen molar-refractivity contribution in [3.8, 4) is 5.75 Å². The predicted molar refractivity (Wildman–Crippen MR) is 148 cm³/mol. The maximum absolute atomic E-state index is 13.3. The van der Waals surface area contributed by atoms with Gasteiger partial charge >= 0.3 is 0 Å². The number of carbonyl (C=O) groups excluding carboxylic acids is 2. The third-order valence-electron chi connectivity index (χ3n) is 6.56. The largest absolute Gasteiger partial charge is 0.507 e. The first-order valence-corrected chi connectivity index (χ1v) is 12.7. The summed E-state index contributed by atoms with van der Waals surface area (Å²) in [6.07, 6.45) is 0.565. The molecule has 1 heterocycles. The van der Waals surface area contributed by atoms with Gasteiger partial charge < -0.3 is 14.7 Å². The number of hydrogen-bond donors (Lipinski definition) is 1. The molecule has 0 radical (unpaired) electrons. The van der Waals surface area contributed by atoms with Crippen molar-refractivity contribution in [3.63, 3.8) is 0 Å². The molecule has 5 nitrogen and oxygen atoms in total. The molecule has 1 saturated heterocycles. The van der Waals surface area contributed by atoms with E-state index in [2.05, 4.69) is 0 Å². The fourth-order valence-corrected chi connectivity index (χ4v) is 4.76. The molecule has 1 amide bonds. The summed E-state index contributed by atoms with van der Waals surface area (Å²) in [6.45, 7) is 0.689. The Hall–Kier alpha value is -4.35. The van der Waals surface area contributed by atoms with Gasteiger partial charge in [0.15, 0.2) is 0 Å². The Labute approximate surface area is 226 Å². The van der Waals surface area contributed by atoms with Crippen molar-refractivity contribution in [1.29, 1.82) is 0 Å². The molecule has 1 aliphatic heterocycles. The number of hydrogen-bond acceptors (Lipinski definition) is 4. The van der Waals surface area contributed by atoms with Crippen LogP contribution in [0.4, 0.5) is 0 Å². The second-order valence-electron chi connectivity index (χ2n) is 9.08. The Bertz CT molecular complexity index is 1470. The van der Waals surface area contributed by atoms with Crippen LogP contribution in [0.1, 0.15) is 28.3 Å². The smallest absolute Gasteiger partial charge is 0.295 e. The van der Waals surface area contributed by atoms with Crippen LogP contribution < -0.4 is 4.74 Å². The highest BCUT2D eigenvalue weighted by Crippen LogP contribution is 2.40. The summed E-state index contributed by atoms with van der Waals surface area (Å²) in [6, 6.07) is 32.7. The molecule has 4 aromatic carbocycles. The van der Waals surface area contributed by atoms with Crippen molar-refractivity contribution in [2.24, 2.45) is 0 Å². The van der Waals surface area contributed by atoms with Gasteiger partial charge in [-0.2, -0.15) is 0 Å². The highest BCUT2D eigenvalue weighted by atomic mass is 35.5. The van der Waals surface area contributed by atoms with Crippen molar-refractivity contribution >= 4 is 29.1 Å². The molecule has 1 fully saturated rings. The molecule has 6 heteroatoms. The normalized spacial score (nSPS) is 16.6. The first-order valence-electron chi connectivity index (χ1n) is 12.4. The molecule has 1 aliphatic rings. The Balaban J connectivity index is 1.52. The third-order valence-corrected chi connectivity index (χ3v) is 6.82. The number of likely N-dealkylation sites (tertiary alicyclic amines) is 1. The van der Waals surface area contributed by atoms with E-state index < -0.39 is 17.7 Å². The zero-order chi connectivity index (χ0) is 26.5. The van der Waals surface area contributed by atoms with Gasteiger partial charge in [-0.25, -0.2) is 0 Å². The molecule has 1 unspecified atom stereocenters. The second kappa shape index (κ2) is 11.4. The van der Waals surface area contributed by atoms with E-state index in [4.69, 9.17) is 16.3 Å². The van der Waals surface area contributed by atoms with E-state index >= 15 is 0 Å². The Morgan fingerprint density at radius 2 is 1.47 bits per heavy atom. The zero-order valence-corrected chi connectivity index (χ0v) is 21.3. The fourth-order valence-electron chi connectivity index (χ4n) is 4.63. The number of aliphatic hydroxyl groups is 1. The van der Waals surface area contributed by atoms with Crippen LogP contribution in [0.15, 0.2) is 115 Å². The number of ether oxygens (including phenoxy) is 1. The highest BCUT2D eigenvalue weighted by Gasteiger charge is 2.46. The topological polar surface area (TPSA) is 66.8 Å². The van der Waals surface area contributed by atoms with Gasteiger partial charge in [0.05, 0.1) is 11.6 Å². The summed E-state index contributed by atoms with van der Waals surface area (Å²) in [5.74, 6) is -0.988. The lowest BCUT2D eigenvalue weighted by Gasteiger charge is -2.26. The lowest BCUT2D eigenvalue weighted by Crippen LogP contribution is -2.31.